The van der Waals surface area contributed by atoms with Crippen molar-refractivity contribution in [2.75, 3.05) is 19.7 Å². The molecule has 0 aromatic carbocycles. The Balaban J connectivity index is 1.47. The summed E-state index contributed by atoms with van der Waals surface area (Å²) in [5.74, 6) is 0.426. The lowest BCUT2D eigenvalue weighted by Crippen LogP contribution is -2.53. The maximum atomic E-state index is 12.7. The van der Waals surface area contributed by atoms with Gasteiger partial charge in [-0.25, -0.2) is 4.98 Å². The molecule has 1 aromatic rings. The number of aryl methyl sites for hydroxylation is 1. The topological polar surface area (TPSA) is 62.7 Å². The smallest absolute Gasteiger partial charge is 0.249 e. The zero-order chi connectivity index (χ0) is 16.7. The molecular formula is C17H23N3O3S. The number of carbonyl (C=O) groups excluding carboxylic acids is 2. The number of hydrogen-bond acceptors (Lipinski definition) is 5. The Kier molecular flexibility index (Phi) is 4.30. The molecule has 0 bridgehead atoms. The first kappa shape index (κ1) is 16.0. The molecule has 130 valence electrons. The Hall–Kier alpha value is -1.47. The van der Waals surface area contributed by atoms with Crippen molar-refractivity contribution in [3.05, 3.63) is 16.1 Å². The van der Waals surface area contributed by atoms with Crippen molar-refractivity contribution >= 4 is 23.2 Å². The van der Waals surface area contributed by atoms with Crippen LogP contribution in [0, 0.1) is 12.8 Å². The molecule has 3 fully saturated rings. The molecule has 0 radical (unpaired) electrons. The van der Waals surface area contributed by atoms with Gasteiger partial charge < -0.3 is 14.5 Å². The molecule has 4 rings (SSSR count). The molecule has 6 nitrogen and oxygen atoms in total. The van der Waals surface area contributed by atoms with Crippen LogP contribution in [0.25, 0.3) is 0 Å². The summed E-state index contributed by atoms with van der Waals surface area (Å²) >= 11 is 1.60. The van der Waals surface area contributed by atoms with Gasteiger partial charge in [0.2, 0.25) is 11.8 Å². The zero-order valence-corrected chi connectivity index (χ0v) is 14.8. The number of carbonyl (C=O) groups is 2. The first-order valence-electron chi connectivity index (χ1n) is 8.72. The fraction of sp³-hybridized carbons (Fsp3) is 0.706. The van der Waals surface area contributed by atoms with E-state index in [0.717, 1.165) is 36.4 Å². The predicted molar refractivity (Wildman–Crippen MR) is 89.5 cm³/mol. The molecule has 2 saturated heterocycles. The van der Waals surface area contributed by atoms with Gasteiger partial charge in [-0.3, -0.25) is 9.59 Å². The van der Waals surface area contributed by atoms with Crippen LogP contribution in [0.5, 0.6) is 0 Å². The van der Waals surface area contributed by atoms with Crippen LogP contribution in [0.4, 0.5) is 0 Å². The quantitative estimate of drug-likeness (QED) is 0.831. The SMILES string of the molecule is Cc1nc(CN2C(=O)CO[C@@H]3CN(C(=O)C4CCCC4)C[C@H]32)cs1. The third-order valence-electron chi connectivity index (χ3n) is 5.39. The largest absolute Gasteiger partial charge is 0.364 e. The Morgan fingerprint density at radius 1 is 1.38 bits per heavy atom. The second-order valence-corrected chi connectivity index (χ2v) is 8.08. The number of nitrogens with zero attached hydrogens (tertiary/aromatic N) is 3. The molecule has 3 heterocycles. The molecule has 24 heavy (non-hydrogen) atoms. The van der Waals surface area contributed by atoms with Gasteiger partial charge in [0.15, 0.2) is 0 Å². The number of ether oxygens (including phenoxy) is 1. The van der Waals surface area contributed by atoms with E-state index in [-0.39, 0.29) is 36.5 Å². The van der Waals surface area contributed by atoms with Crippen LogP contribution in [0.1, 0.15) is 36.4 Å². The summed E-state index contributed by atoms with van der Waals surface area (Å²) in [6, 6.07) is -0.0430. The van der Waals surface area contributed by atoms with Crippen LogP contribution in [0.2, 0.25) is 0 Å². The van der Waals surface area contributed by atoms with E-state index in [9.17, 15) is 9.59 Å². The van der Waals surface area contributed by atoms with Crippen molar-refractivity contribution in [2.45, 2.75) is 51.3 Å². The fourth-order valence-corrected chi connectivity index (χ4v) is 4.74. The second kappa shape index (κ2) is 6.44. The van der Waals surface area contributed by atoms with Crippen molar-refractivity contribution < 1.29 is 14.3 Å². The molecule has 0 spiro atoms. The van der Waals surface area contributed by atoms with Gasteiger partial charge in [0.25, 0.3) is 0 Å². The molecule has 1 saturated carbocycles. The Morgan fingerprint density at radius 2 is 2.17 bits per heavy atom. The van der Waals surface area contributed by atoms with Crippen LogP contribution < -0.4 is 0 Å². The zero-order valence-electron chi connectivity index (χ0n) is 13.9. The molecule has 0 unspecified atom stereocenters. The highest BCUT2D eigenvalue weighted by atomic mass is 32.1. The second-order valence-electron chi connectivity index (χ2n) is 7.02. The Labute approximate surface area is 145 Å². The van der Waals surface area contributed by atoms with Gasteiger partial charge >= 0.3 is 0 Å². The van der Waals surface area contributed by atoms with Crippen LogP contribution in [0.15, 0.2) is 5.38 Å². The maximum Gasteiger partial charge on any atom is 0.249 e. The van der Waals surface area contributed by atoms with Crippen molar-refractivity contribution in [3.63, 3.8) is 0 Å². The Bertz CT molecular complexity index is 641. The average molecular weight is 349 g/mol. The minimum absolute atomic E-state index is 0.00271. The molecule has 2 atom stereocenters. The summed E-state index contributed by atoms with van der Waals surface area (Å²) < 4.78 is 5.73. The van der Waals surface area contributed by atoms with E-state index in [2.05, 4.69) is 4.98 Å². The van der Waals surface area contributed by atoms with Crippen molar-refractivity contribution in [1.82, 2.24) is 14.8 Å². The molecule has 2 aliphatic heterocycles. The lowest BCUT2D eigenvalue weighted by molar-refractivity contribution is -0.154. The number of fused-ring (bicyclic) bond motifs is 1. The van der Waals surface area contributed by atoms with Crippen LogP contribution in [-0.4, -0.2) is 58.4 Å². The van der Waals surface area contributed by atoms with E-state index in [0.29, 0.717) is 19.6 Å². The summed E-state index contributed by atoms with van der Waals surface area (Å²) in [5, 5.41) is 3.01. The summed E-state index contributed by atoms with van der Waals surface area (Å²) in [6.45, 7) is 3.79. The fourth-order valence-electron chi connectivity index (χ4n) is 4.14. The molecule has 2 amide bonds. The van der Waals surface area contributed by atoms with Crippen LogP contribution in [0.3, 0.4) is 0 Å². The highest BCUT2D eigenvalue weighted by Gasteiger charge is 2.45. The number of morpholine rings is 1. The number of amides is 2. The molecule has 7 heteroatoms. The van der Waals surface area contributed by atoms with Gasteiger partial charge in [-0.2, -0.15) is 0 Å². The van der Waals surface area contributed by atoms with Crippen LogP contribution >= 0.6 is 11.3 Å². The van der Waals surface area contributed by atoms with Crippen molar-refractivity contribution in [2.24, 2.45) is 5.92 Å². The van der Waals surface area contributed by atoms with E-state index in [1.807, 2.05) is 22.1 Å². The number of likely N-dealkylation sites (tertiary alicyclic amines) is 1. The predicted octanol–water partition coefficient (Wildman–Crippen LogP) is 1.58. The Morgan fingerprint density at radius 3 is 2.88 bits per heavy atom. The van der Waals surface area contributed by atoms with E-state index in [1.165, 1.54) is 0 Å². The lowest BCUT2D eigenvalue weighted by atomic mass is 10.1. The number of aromatic nitrogens is 1. The molecule has 1 aliphatic carbocycles. The van der Waals surface area contributed by atoms with Crippen molar-refractivity contribution in [3.8, 4) is 0 Å². The minimum atomic E-state index is -0.0622. The molecule has 3 aliphatic rings. The first-order valence-corrected chi connectivity index (χ1v) is 9.60. The normalized spacial score (nSPS) is 27.8. The average Bonchev–Trinajstić information content (AvgIpc) is 3.30. The third-order valence-corrected chi connectivity index (χ3v) is 6.22. The van der Waals surface area contributed by atoms with E-state index in [1.54, 1.807) is 11.3 Å². The van der Waals surface area contributed by atoms with E-state index >= 15 is 0 Å². The number of hydrogen-bond donors (Lipinski definition) is 0. The van der Waals surface area contributed by atoms with Gasteiger partial charge in [-0.15, -0.1) is 11.3 Å². The highest BCUT2D eigenvalue weighted by molar-refractivity contribution is 7.09. The third kappa shape index (κ3) is 2.95. The highest BCUT2D eigenvalue weighted by Crippen LogP contribution is 2.31. The number of rotatable bonds is 3. The monoisotopic (exact) mass is 349 g/mol. The van der Waals surface area contributed by atoms with E-state index in [4.69, 9.17) is 4.74 Å². The number of thiazole rings is 1. The molecular weight excluding hydrogens is 326 g/mol. The van der Waals surface area contributed by atoms with Gasteiger partial charge in [0, 0.05) is 24.4 Å². The minimum Gasteiger partial charge on any atom is -0.364 e. The van der Waals surface area contributed by atoms with Crippen molar-refractivity contribution in [1.29, 1.82) is 0 Å². The van der Waals surface area contributed by atoms with Gasteiger partial charge in [0.1, 0.15) is 6.61 Å². The standard InChI is InChI=1S/C17H23N3O3S/c1-11-18-13(10-24-11)6-20-14-7-19(8-15(14)23-9-16(20)21)17(22)12-4-2-3-5-12/h10,12,14-15H,2-9H2,1H3/t14-,15-/m1/s1. The van der Waals surface area contributed by atoms with E-state index < -0.39 is 0 Å². The molecule has 1 aromatic heterocycles. The summed E-state index contributed by atoms with van der Waals surface area (Å²) in [4.78, 5) is 33.3. The summed E-state index contributed by atoms with van der Waals surface area (Å²) in [6.07, 6.45) is 4.26. The van der Waals surface area contributed by atoms with Gasteiger partial charge in [0.05, 0.1) is 29.4 Å². The molecule has 0 N–H and O–H groups in total. The van der Waals surface area contributed by atoms with Crippen LogP contribution in [-0.2, 0) is 20.9 Å². The summed E-state index contributed by atoms with van der Waals surface area (Å²) in [7, 11) is 0. The lowest BCUT2D eigenvalue weighted by Gasteiger charge is -2.36. The maximum absolute atomic E-state index is 12.7. The van der Waals surface area contributed by atoms with Gasteiger partial charge in [-0.1, -0.05) is 12.8 Å². The summed E-state index contributed by atoms with van der Waals surface area (Å²) in [5.41, 5.74) is 0.923. The van der Waals surface area contributed by atoms with Gasteiger partial charge in [-0.05, 0) is 19.8 Å². The first-order chi connectivity index (χ1) is 11.6.